The number of carboxylic acid groups (broad SMARTS) is 1. The molecule has 3 aromatic rings. The number of anilines is 2. The van der Waals surface area contributed by atoms with E-state index in [-0.39, 0.29) is 0 Å². The van der Waals surface area contributed by atoms with Gasteiger partial charge < -0.3 is 20.6 Å². The fourth-order valence-corrected chi connectivity index (χ4v) is 4.90. The van der Waals surface area contributed by atoms with Crippen molar-refractivity contribution < 1.29 is 9.90 Å². The summed E-state index contributed by atoms with van der Waals surface area (Å²) in [5, 5.41) is 20.9. The Bertz CT molecular complexity index is 1210. The van der Waals surface area contributed by atoms with E-state index >= 15 is 0 Å². The van der Waals surface area contributed by atoms with Crippen LogP contribution >= 0.6 is 0 Å². The SMILES string of the molecule is Cc1cncc(N[C@@H](CCN(CCCCc2ccc3c(n2)NCCC3)CCn2nc(C)cc2C)C(=O)O)n1. The van der Waals surface area contributed by atoms with Crippen molar-refractivity contribution in [2.75, 3.05) is 36.8 Å². The lowest BCUT2D eigenvalue weighted by molar-refractivity contribution is -0.138. The van der Waals surface area contributed by atoms with Crippen LogP contribution in [0.15, 0.2) is 30.6 Å². The molecule has 0 aliphatic carbocycles. The largest absolute Gasteiger partial charge is 0.480 e. The van der Waals surface area contributed by atoms with Gasteiger partial charge in [-0.3, -0.25) is 9.67 Å². The summed E-state index contributed by atoms with van der Waals surface area (Å²) in [7, 11) is 0. The van der Waals surface area contributed by atoms with Gasteiger partial charge in [-0.2, -0.15) is 5.10 Å². The fourth-order valence-electron chi connectivity index (χ4n) is 4.90. The standard InChI is InChI=1S/C28H40N8O2/c1-20-17-22(3)36(34-20)16-15-35(14-11-25(28(37)38)33-26-19-29-18-21(2)31-26)13-5-4-8-24-10-9-23-7-6-12-30-27(23)32-24/h9-10,17-19,25H,4-8,11-16H2,1-3H3,(H,30,32)(H,31,33)(H,37,38)/t25-/m0/s1. The maximum Gasteiger partial charge on any atom is 0.326 e. The second kappa shape index (κ2) is 13.3. The lowest BCUT2D eigenvalue weighted by Gasteiger charge is -2.25. The van der Waals surface area contributed by atoms with Gasteiger partial charge >= 0.3 is 5.97 Å². The molecule has 0 unspecified atom stereocenters. The Morgan fingerprint density at radius 1 is 1.13 bits per heavy atom. The van der Waals surface area contributed by atoms with E-state index < -0.39 is 12.0 Å². The number of unbranched alkanes of at least 4 members (excludes halogenated alkanes) is 1. The van der Waals surface area contributed by atoms with Crippen molar-refractivity contribution in [3.05, 3.63) is 58.9 Å². The molecular formula is C28H40N8O2. The van der Waals surface area contributed by atoms with Crippen molar-refractivity contribution in [1.29, 1.82) is 0 Å². The third-order valence-electron chi connectivity index (χ3n) is 6.95. The highest BCUT2D eigenvalue weighted by Crippen LogP contribution is 2.20. The van der Waals surface area contributed by atoms with Gasteiger partial charge in [-0.1, -0.05) is 6.07 Å². The summed E-state index contributed by atoms with van der Waals surface area (Å²) in [6.07, 6.45) is 8.91. The number of aromatic nitrogens is 5. The number of nitrogens with one attached hydrogen (secondary N) is 2. The van der Waals surface area contributed by atoms with E-state index in [1.165, 1.54) is 5.56 Å². The van der Waals surface area contributed by atoms with E-state index in [2.05, 4.69) is 55.7 Å². The minimum Gasteiger partial charge on any atom is -0.480 e. The quantitative estimate of drug-likeness (QED) is 0.274. The number of aliphatic carboxylic acids is 1. The van der Waals surface area contributed by atoms with Crippen LogP contribution in [0.2, 0.25) is 0 Å². The van der Waals surface area contributed by atoms with Gasteiger partial charge in [0.1, 0.15) is 17.7 Å². The Balaban J connectivity index is 1.33. The van der Waals surface area contributed by atoms with Crippen LogP contribution in [0, 0.1) is 20.8 Å². The molecule has 0 saturated heterocycles. The number of carboxylic acids is 1. The van der Waals surface area contributed by atoms with Crippen LogP contribution in [0.4, 0.5) is 11.6 Å². The number of pyridine rings is 1. The van der Waals surface area contributed by atoms with E-state index in [1.807, 2.05) is 18.5 Å². The molecule has 4 heterocycles. The summed E-state index contributed by atoms with van der Waals surface area (Å²) in [4.78, 5) is 27.6. The van der Waals surface area contributed by atoms with Crippen LogP contribution < -0.4 is 10.6 Å². The van der Waals surface area contributed by atoms with Gasteiger partial charge in [0.25, 0.3) is 0 Å². The van der Waals surface area contributed by atoms with E-state index in [9.17, 15) is 9.90 Å². The number of hydrogen-bond donors (Lipinski definition) is 3. The molecule has 0 radical (unpaired) electrons. The van der Waals surface area contributed by atoms with Crippen LogP contribution in [-0.2, 0) is 24.2 Å². The predicted octanol–water partition coefficient (Wildman–Crippen LogP) is 3.63. The number of carbonyl (C=O) groups is 1. The Morgan fingerprint density at radius 3 is 2.76 bits per heavy atom. The number of aryl methyl sites for hydroxylation is 5. The van der Waals surface area contributed by atoms with E-state index in [0.29, 0.717) is 18.8 Å². The van der Waals surface area contributed by atoms with Crippen molar-refractivity contribution in [3.8, 4) is 0 Å². The molecule has 0 aromatic carbocycles. The second-order valence-corrected chi connectivity index (χ2v) is 10.2. The molecule has 4 rings (SSSR count). The number of rotatable bonds is 14. The first kappa shape index (κ1) is 27.5. The maximum atomic E-state index is 12.0. The average Bonchev–Trinajstić information content (AvgIpc) is 3.23. The zero-order valence-corrected chi connectivity index (χ0v) is 22.8. The molecule has 0 spiro atoms. The summed E-state index contributed by atoms with van der Waals surface area (Å²) in [6.45, 7) is 10.0. The highest BCUT2D eigenvalue weighted by atomic mass is 16.4. The number of hydrogen-bond acceptors (Lipinski definition) is 8. The number of fused-ring (bicyclic) bond motifs is 1. The van der Waals surface area contributed by atoms with Crippen molar-refractivity contribution >= 4 is 17.6 Å². The minimum absolute atomic E-state index is 0.458. The fraction of sp³-hybridized carbons (Fsp3) is 0.536. The molecular weight excluding hydrogens is 480 g/mol. The lowest BCUT2D eigenvalue weighted by Crippen LogP contribution is -2.37. The van der Waals surface area contributed by atoms with Gasteiger partial charge in [0, 0.05) is 37.2 Å². The van der Waals surface area contributed by atoms with Gasteiger partial charge in [0.2, 0.25) is 0 Å². The Morgan fingerprint density at radius 2 is 2.00 bits per heavy atom. The average molecular weight is 521 g/mol. The van der Waals surface area contributed by atoms with Crippen LogP contribution in [0.3, 0.4) is 0 Å². The summed E-state index contributed by atoms with van der Waals surface area (Å²) in [5.41, 5.74) is 5.33. The molecule has 0 amide bonds. The van der Waals surface area contributed by atoms with E-state index in [0.717, 1.165) is 86.9 Å². The molecule has 0 fully saturated rings. The molecule has 1 atom stereocenters. The Kier molecular flexibility index (Phi) is 9.64. The summed E-state index contributed by atoms with van der Waals surface area (Å²) in [5.74, 6) is 0.642. The van der Waals surface area contributed by atoms with Gasteiger partial charge in [0.05, 0.1) is 24.1 Å². The van der Waals surface area contributed by atoms with Crippen molar-refractivity contribution in [2.24, 2.45) is 0 Å². The molecule has 0 bridgehead atoms. The van der Waals surface area contributed by atoms with Crippen molar-refractivity contribution in [3.63, 3.8) is 0 Å². The first-order valence-corrected chi connectivity index (χ1v) is 13.6. The molecule has 10 nitrogen and oxygen atoms in total. The van der Waals surface area contributed by atoms with Gasteiger partial charge in [0.15, 0.2) is 0 Å². The predicted molar refractivity (Wildman–Crippen MR) is 149 cm³/mol. The van der Waals surface area contributed by atoms with Crippen molar-refractivity contribution in [1.82, 2.24) is 29.6 Å². The zero-order chi connectivity index (χ0) is 26.9. The molecule has 0 saturated carbocycles. The lowest BCUT2D eigenvalue weighted by atomic mass is 10.1. The van der Waals surface area contributed by atoms with Gasteiger partial charge in [-0.15, -0.1) is 0 Å². The summed E-state index contributed by atoms with van der Waals surface area (Å²) in [6, 6.07) is 5.71. The van der Waals surface area contributed by atoms with E-state index in [1.54, 1.807) is 12.4 Å². The highest BCUT2D eigenvalue weighted by Gasteiger charge is 2.20. The molecule has 3 aromatic heterocycles. The molecule has 3 N–H and O–H groups in total. The molecule has 38 heavy (non-hydrogen) atoms. The van der Waals surface area contributed by atoms with Crippen LogP contribution in [-0.4, -0.2) is 72.9 Å². The van der Waals surface area contributed by atoms with Crippen LogP contribution in [0.1, 0.15) is 54.0 Å². The topological polar surface area (TPSA) is 121 Å². The first-order valence-electron chi connectivity index (χ1n) is 13.6. The normalized spacial score (nSPS) is 13.7. The molecule has 1 aliphatic rings. The number of nitrogens with zero attached hydrogens (tertiary/aromatic N) is 6. The van der Waals surface area contributed by atoms with Crippen LogP contribution in [0.5, 0.6) is 0 Å². The van der Waals surface area contributed by atoms with E-state index in [4.69, 9.17) is 4.98 Å². The van der Waals surface area contributed by atoms with Crippen LogP contribution in [0.25, 0.3) is 0 Å². The maximum absolute atomic E-state index is 12.0. The molecule has 204 valence electrons. The third-order valence-corrected chi connectivity index (χ3v) is 6.95. The molecule has 10 heteroatoms. The summed E-state index contributed by atoms with van der Waals surface area (Å²) >= 11 is 0. The zero-order valence-electron chi connectivity index (χ0n) is 22.8. The molecule has 1 aliphatic heterocycles. The third kappa shape index (κ3) is 7.98. The minimum atomic E-state index is -0.890. The second-order valence-electron chi connectivity index (χ2n) is 10.2. The van der Waals surface area contributed by atoms with Gasteiger partial charge in [-0.25, -0.2) is 14.8 Å². The van der Waals surface area contributed by atoms with Crippen molar-refractivity contribution in [2.45, 2.75) is 71.9 Å². The monoisotopic (exact) mass is 520 g/mol. The first-order chi connectivity index (χ1) is 18.4. The Hall–Kier alpha value is -3.53. The summed E-state index contributed by atoms with van der Waals surface area (Å²) < 4.78 is 2.03. The Labute approximate surface area is 224 Å². The van der Waals surface area contributed by atoms with Gasteiger partial charge in [-0.05, 0) is 83.5 Å². The smallest absolute Gasteiger partial charge is 0.326 e. The highest BCUT2D eigenvalue weighted by molar-refractivity contribution is 5.76.